The van der Waals surface area contributed by atoms with Gasteiger partial charge >= 0.3 is 0 Å². The number of hydrogen-bond acceptors (Lipinski definition) is 5. The molecule has 0 fully saturated rings. The normalized spacial score (nSPS) is 11.6. The Hall–Kier alpha value is -1.81. The van der Waals surface area contributed by atoms with Gasteiger partial charge in [0.25, 0.3) is 12.1 Å². The average Bonchev–Trinajstić information content (AvgIpc) is 2.42. The third-order valence-corrected chi connectivity index (χ3v) is 3.92. The number of nitrogens with one attached hydrogen (secondary N) is 2. The van der Waals surface area contributed by atoms with Gasteiger partial charge in [-0.15, -0.1) is 0 Å². The number of nitro benzene ring substituents is 1. The van der Waals surface area contributed by atoms with E-state index in [0.29, 0.717) is 13.0 Å². The topological polar surface area (TPSA) is 101 Å². The van der Waals surface area contributed by atoms with Crippen molar-refractivity contribution >= 4 is 21.4 Å². The van der Waals surface area contributed by atoms with E-state index in [2.05, 4.69) is 5.32 Å². The van der Waals surface area contributed by atoms with Crippen molar-refractivity contribution in [2.75, 3.05) is 18.4 Å². The molecule has 118 valence electrons. The first kappa shape index (κ1) is 17.2. The summed E-state index contributed by atoms with van der Waals surface area (Å²) in [7, 11) is -4.27. The average molecular weight is 323 g/mol. The van der Waals surface area contributed by atoms with Crippen LogP contribution in [0.3, 0.4) is 0 Å². The van der Waals surface area contributed by atoms with E-state index in [1.165, 1.54) is 6.07 Å². The largest absolute Gasteiger partial charge is 0.384 e. The molecule has 0 amide bonds. The lowest BCUT2D eigenvalue weighted by atomic mass is 10.3. The summed E-state index contributed by atoms with van der Waals surface area (Å²) in [6, 6.07) is 3.22. The van der Waals surface area contributed by atoms with Crippen molar-refractivity contribution in [2.24, 2.45) is 0 Å². The van der Waals surface area contributed by atoms with Crippen LogP contribution in [0.1, 0.15) is 13.3 Å². The highest BCUT2D eigenvalue weighted by atomic mass is 32.2. The molecule has 0 aliphatic carbocycles. The molecule has 0 atom stereocenters. The summed E-state index contributed by atoms with van der Waals surface area (Å²) in [6.07, 6.45) is -2.16. The van der Waals surface area contributed by atoms with Crippen LogP contribution in [0.5, 0.6) is 0 Å². The van der Waals surface area contributed by atoms with E-state index in [-0.39, 0.29) is 5.69 Å². The number of halogens is 2. The van der Waals surface area contributed by atoms with Crippen molar-refractivity contribution in [3.8, 4) is 0 Å². The molecule has 0 radical (unpaired) electrons. The van der Waals surface area contributed by atoms with Gasteiger partial charge in [-0.2, -0.15) is 0 Å². The molecule has 0 spiro atoms. The fourth-order valence-electron chi connectivity index (χ4n) is 1.50. The molecule has 1 aromatic rings. The van der Waals surface area contributed by atoms with Crippen LogP contribution in [0.2, 0.25) is 0 Å². The molecule has 0 aromatic heterocycles. The molecule has 7 nitrogen and oxygen atoms in total. The lowest BCUT2D eigenvalue weighted by Crippen LogP contribution is -2.29. The lowest BCUT2D eigenvalue weighted by molar-refractivity contribution is -0.385. The first-order valence-corrected chi connectivity index (χ1v) is 7.56. The van der Waals surface area contributed by atoms with Crippen LogP contribution < -0.4 is 10.0 Å². The Balaban J connectivity index is 3.21. The highest BCUT2D eigenvalue weighted by Crippen LogP contribution is 2.26. The molecule has 0 heterocycles. The van der Waals surface area contributed by atoms with Gasteiger partial charge in [-0.05, 0) is 12.5 Å². The maximum Gasteiger partial charge on any atom is 0.270 e. The van der Waals surface area contributed by atoms with Gasteiger partial charge in [0.2, 0.25) is 10.0 Å². The molecule has 0 aliphatic heterocycles. The standard InChI is InChI=1S/C11H15F2N3O4S/c1-2-5-14-9-4-3-8(16(17)18)6-10(9)21(19,20)15-7-11(12)13/h3-4,6,11,14-15H,2,5,7H2,1H3. The monoisotopic (exact) mass is 323 g/mol. The van der Waals surface area contributed by atoms with Crippen molar-refractivity contribution in [1.29, 1.82) is 0 Å². The Bertz CT molecular complexity index is 607. The van der Waals surface area contributed by atoms with Crippen LogP contribution in [0.4, 0.5) is 20.2 Å². The summed E-state index contributed by atoms with van der Waals surface area (Å²) in [5.74, 6) is 0. The third-order valence-electron chi connectivity index (χ3n) is 2.46. The lowest BCUT2D eigenvalue weighted by Gasteiger charge is -2.12. The Labute approximate surface area is 120 Å². The summed E-state index contributed by atoms with van der Waals surface area (Å²) >= 11 is 0. The Morgan fingerprint density at radius 2 is 2.05 bits per heavy atom. The number of sulfonamides is 1. The number of nitrogens with zero attached hydrogens (tertiary/aromatic N) is 1. The van der Waals surface area contributed by atoms with Gasteiger partial charge in [0.05, 0.1) is 17.2 Å². The SMILES string of the molecule is CCCNc1ccc([N+](=O)[O-])cc1S(=O)(=O)NCC(F)F. The molecule has 0 bridgehead atoms. The van der Waals surface area contributed by atoms with Crippen LogP contribution in [0.15, 0.2) is 23.1 Å². The number of rotatable bonds is 8. The van der Waals surface area contributed by atoms with E-state index in [1.807, 2.05) is 6.92 Å². The fourth-order valence-corrected chi connectivity index (χ4v) is 2.71. The van der Waals surface area contributed by atoms with E-state index < -0.39 is 38.5 Å². The number of non-ortho nitro benzene ring substituents is 1. The molecule has 0 unspecified atom stereocenters. The van der Waals surface area contributed by atoms with E-state index in [4.69, 9.17) is 0 Å². The van der Waals surface area contributed by atoms with Gasteiger partial charge in [0, 0.05) is 18.7 Å². The van der Waals surface area contributed by atoms with E-state index in [1.54, 1.807) is 4.72 Å². The van der Waals surface area contributed by atoms with Gasteiger partial charge in [-0.1, -0.05) is 6.92 Å². The van der Waals surface area contributed by atoms with E-state index >= 15 is 0 Å². The third kappa shape index (κ3) is 4.90. The summed E-state index contributed by atoms with van der Waals surface area (Å²) < 4.78 is 50.0. The molecule has 21 heavy (non-hydrogen) atoms. The zero-order chi connectivity index (χ0) is 16.0. The minimum absolute atomic E-state index is 0.129. The van der Waals surface area contributed by atoms with Gasteiger partial charge in [0.1, 0.15) is 4.90 Å². The van der Waals surface area contributed by atoms with Crippen LogP contribution >= 0.6 is 0 Å². The summed E-state index contributed by atoms with van der Waals surface area (Å²) in [5, 5.41) is 13.5. The summed E-state index contributed by atoms with van der Waals surface area (Å²) in [5.41, 5.74) is -0.307. The van der Waals surface area contributed by atoms with Gasteiger partial charge in [0.15, 0.2) is 0 Å². The summed E-state index contributed by atoms with van der Waals surface area (Å²) in [6.45, 7) is 1.23. The number of nitro groups is 1. The predicted molar refractivity (Wildman–Crippen MR) is 73.1 cm³/mol. The van der Waals surface area contributed by atoms with Gasteiger partial charge in [-0.25, -0.2) is 21.9 Å². The first-order chi connectivity index (χ1) is 9.77. The molecule has 0 saturated heterocycles. The molecule has 1 aromatic carbocycles. The number of alkyl halides is 2. The maximum atomic E-state index is 12.1. The minimum atomic E-state index is -4.27. The fraction of sp³-hybridized carbons (Fsp3) is 0.455. The zero-order valence-corrected chi connectivity index (χ0v) is 12.0. The molecule has 10 heteroatoms. The smallest absolute Gasteiger partial charge is 0.270 e. The van der Waals surface area contributed by atoms with Crippen LogP contribution in [-0.2, 0) is 10.0 Å². The van der Waals surface area contributed by atoms with Crippen LogP contribution in [0.25, 0.3) is 0 Å². The molecule has 0 aliphatic rings. The predicted octanol–water partition coefficient (Wildman–Crippen LogP) is 1.96. The van der Waals surface area contributed by atoms with Crippen LogP contribution in [0, 0.1) is 10.1 Å². The minimum Gasteiger partial charge on any atom is -0.384 e. The second-order valence-corrected chi connectivity index (χ2v) is 5.84. The number of hydrogen-bond donors (Lipinski definition) is 2. The Morgan fingerprint density at radius 1 is 1.38 bits per heavy atom. The number of anilines is 1. The Kier molecular flexibility index (Phi) is 5.97. The first-order valence-electron chi connectivity index (χ1n) is 6.08. The highest BCUT2D eigenvalue weighted by Gasteiger charge is 2.23. The Morgan fingerprint density at radius 3 is 2.57 bits per heavy atom. The van der Waals surface area contributed by atoms with Crippen molar-refractivity contribution in [3.05, 3.63) is 28.3 Å². The summed E-state index contributed by atoms with van der Waals surface area (Å²) in [4.78, 5) is 9.54. The van der Waals surface area contributed by atoms with Crippen molar-refractivity contribution in [1.82, 2.24) is 4.72 Å². The molecule has 0 saturated carbocycles. The number of benzene rings is 1. The zero-order valence-electron chi connectivity index (χ0n) is 11.2. The molecule has 2 N–H and O–H groups in total. The molecule has 1 rings (SSSR count). The quantitative estimate of drug-likeness (QED) is 0.562. The van der Waals surface area contributed by atoms with Crippen LogP contribution in [-0.4, -0.2) is 32.9 Å². The second kappa shape index (κ2) is 7.27. The maximum absolute atomic E-state index is 12.1. The molecular formula is C11H15F2N3O4S. The van der Waals surface area contributed by atoms with Crippen molar-refractivity contribution in [3.63, 3.8) is 0 Å². The molecular weight excluding hydrogens is 308 g/mol. The highest BCUT2D eigenvalue weighted by molar-refractivity contribution is 7.89. The van der Waals surface area contributed by atoms with Crippen molar-refractivity contribution in [2.45, 2.75) is 24.7 Å². The van der Waals surface area contributed by atoms with E-state index in [9.17, 15) is 27.3 Å². The van der Waals surface area contributed by atoms with Gasteiger partial charge < -0.3 is 5.32 Å². The van der Waals surface area contributed by atoms with Gasteiger partial charge in [-0.3, -0.25) is 10.1 Å². The van der Waals surface area contributed by atoms with E-state index in [0.717, 1.165) is 12.1 Å². The van der Waals surface area contributed by atoms with Crippen molar-refractivity contribution < 1.29 is 22.1 Å². The second-order valence-electron chi connectivity index (χ2n) is 4.11.